The number of nitrogens with one attached hydrogen (secondary N) is 1. The van der Waals surface area contributed by atoms with Crippen LogP contribution in [-0.2, 0) is 16.1 Å². The van der Waals surface area contributed by atoms with Gasteiger partial charge in [-0.2, -0.15) is 0 Å². The molecule has 3 aromatic rings. The van der Waals surface area contributed by atoms with E-state index < -0.39 is 0 Å². The lowest BCUT2D eigenvalue weighted by atomic mass is 10.2. The Hall–Kier alpha value is -3.55. The molecule has 8 heteroatoms. The second kappa shape index (κ2) is 7.77. The first-order valence-corrected chi connectivity index (χ1v) is 8.34. The Labute approximate surface area is 155 Å². The smallest absolute Gasteiger partial charge is 0.261 e. The van der Waals surface area contributed by atoms with Crippen LogP contribution in [0.4, 0.5) is 5.82 Å². The van der Waals surface area contributed by atoms with Crippen LogP contribution in [0, 0.1) is 6.92 Å². The summed E-state index contributed by atoms with van der Waals surface area (Å²) in [6, 6.07) is 10.5. The molecule has 1 N–H and O–H groups in total. The van der Waals surface area contributed by atoms with Crippen molar-refractivity contribution in [1.82, 2.24) is 19.4 Å². The summed E-state index contributed by atoms with van der Waals surface area (Å²) in [7, 11) is 1.51. The van der Waals surface area contributed by atoms with Crippen LogP contribution < -0.4 is 10.9 Å². The van der Waals surface area contributed by atoms with Gasteiger partial charge in [0.25, 0.3) is 5.56 Å². The number of hydrogen-bond acceptors (Lipinski definition) is 5. The fraction of sp³-hybridized carbons (Fsp3) is 0.211. The zero-order chi connectivity index (χ0) is 19.4. The zero-order valence-electron chi connectivity index (χ0n) is 15.0. The Morgan fingerprint density at radius 2 is 1.96 bits per heavy atom. The second-order valence-electron chi connectivity index (χ2n) is 6.21. The van der Waals surface area contributed by atoms with Crippen molar-refractivity contribution in [3.05, 3.63) is 64.8 Å². The highest BCUT2D eigenvalue weighted by Gasteiger charge is 2.15. The molecule has 27 heavy (non-hydrogen) atoms. The first-order chi connectivity index (χ1) is 12.9. The molecular formula is C19H19N5O3. The first kappa shape index (κ1) is 18.2. The van der Waals surface area contributed by atoms with Gasteiger partial charge in [-0.1, -0.05) is 12.1 Å². The molecule has 0 saturated heterocycles. The molecule has 0 aliphatic rings. The van der Waals surface area contributed by atoms with E-state index in [0.29, 0.717) is 16.7 Å². The number of amides is 2. The SMILES string of the molecule is Cc1ccnc(NC(=O)CN(C)C(=O)Cn2cnc3ccccc3c2=O)c1. The van der Waals surface area contributed by atoms with Crippen LogP contribution in [0.1, 0.15) is 5.56 Å². The predicted molar refractivity (Wildman–Crippen MR) is 101 cm³/mol. The van der Waals surface area contributed by atoms with Crippen molar-refractivity contribution in [1.29, 1.82) is 0 Å². The van der Waals surface area contributed by atoms with Crippen molar-refractivity contribution >= 4 is 28.5 Å². The number of aryl methyl sites for hydroxylation is 1. The molecule has 0 bridgehead atoms. The minimum absolute atomic E-state index is 0.149. The van der Waals surface area contributed by atoms with Gasteiger partial charge in [0.1, 0.15) is 12.4 Å². The fourth-order valence-electron chi connectivity index (χ4n) is 2.58. The van der Waals surface area contributed by atoms with Gasteiger partial charge in [0.2, 0.25) is 11.8 Å². The number of fused-ring (bicyclic) bond motifs is 1. The van der Waals surface area contributed by atoms with Gasteiger partial charge in [-0.05, 0) is 36.8 Å². The zero-order valence-corrected chi connectivity index (χ0v) is 15.0. The molecule has 2 amide bonds. The number of para-hydroxylation sites is 1. The quantitative estimate of drug-likeness (QED) is 0.733. The van der Waals surface area contributed by atoms with Crippen molar-refractivity contribution in [3.63, 3.8) is 0 Å². The highest BCUT2D eigenvalue weighted by molar-refractivity contribution is 5.93. The van der Waals surface area contributed by atoms with E-state index in [1.54, 1.807) is 36.5 Å². The summed E-state index contributed by atoms with van der Waals surface area (Å²) < 4.78 is 1.24. The molecule has 0 saturated carbocycles. The van der Waals surface area contributed by atoms with Crippen LogP contribution in [0.25, 0.3) is 10.9 Å². The Balaban J connectivity index is 1.65. The topological polar surface area (TPSA) is 97.2 Å². The number of benzene rings is 1. The normalized spacial score (nSPS) is 10.6. The average Bonchev–Trinajstić information content (AvgIpc) is 2.64. The van der Waals surface area contributed by atoms with Gasteiger partial charge in [0.15, 0.2) is 0 Å². The molecule has 1 aromatic carbocycles. The molecular weight excluding hydrogens is 346 g/mol. The van der Waals surface area contributed by atoms with E-state index in [0.717, 1.165) is 5.56 Å². The van der Waals surface area contributed by atoms with E-state index in [9.17, 15) is 14.4 Å². The molecule has 0 atom stereocenters. The molecule has 0 spiro atoms. The van der Waals surface area contributed by atoms with Crippen molar-refractivity contribution in [2.24, 2.45) is 0 Å². The molecule has 0 aliphatic carbocycles. The van der Waals surface area contributed by atoms with Gasteiger partial charge >= 0.3 is 0 Å². The Bertz CT molecular complexity index is 1060. The standard InChI is InChI=1S/C19H19N5O3/c1-13-7-8-20-16(9-13)22-17(25)10-23(2)18(26)11-24-12-21-15-6-4-3-5-14(15)19(24)27/h3-9,12H,10-11H2,1-2H3,(H,20,22,25). The maximum absolute atomic E-state index is 12.4. The fourth-order valence-corrected chi connectivity index (χ4v) is 2.58. The number of rotatable bonds is 5. The number of hydrogen-bond donors (Lipinski definition) is 1. The largest absolute Gasteiger partial charge is 0.335 e. The van der Waals surface area contributed by atoms with E-state index in [1.165, 1.54) is 22.8 Å². The lowest BCUT2D eigenvalue weighted by Crippen LogP contribution is -2.38. The van der Waals surface area contributed by atoms with Crippen LogP contribution in [0.5, 0.6) is 0 Å². The molecule has 0 unspecified atom stereocenters. The number of carbonyl (C=O) groups is 2. The van der Waals surface area contributed by atoms with Crippen LogP contribution >= 0.6 is 0 Å². The molecule has 0 aliphatic heterocycles. The number of nitrogens with zero attached hydrogens (tertiary/aromatic N) is 4. The van der Waals surface area contributed by atoms with Crippen LogP contribution in [0.3, 0.4) is 0 Å². The highest BCUT2D eigenvalue weighted by atomic mass is 16.2. The number of anilines is 1. The summed E-state index contributed by atoms with van der Waals surface area (Å²) in [6.45, 7) is 1.55. The van der Waals surface area contributed by atoms with Crippen molar-refractivity contribution in [3.8, 4) is 0 Å². The van der Waals surface area contributed by atoms with Gasteiger partial charge < -0.3 is 10.2 Å². The lowest BCUT2D eigenvalue weighted by Gasteiger charge is -2.17. The molecule has 0 fully saturated rings. The van der Waals surface area contributed by atoms with Gasteiger partial charge in [0.05, 0.1) is 23.8 Å². The molecule has 8 nitrogen and oxygen atoms in total. The van der Waals surface area contributed by atoms with E-state index >= 15 is 0 Å². The number of likely N-dealkylation sites (N-methyl/N-ethyl adjacent to an activating group) is 1. The van der Waals surface area contributed by atoms with Crippen molar-refractivity contribution < 1.29 is 9.59 Å². The van der Waals surface area contributed by atoms with Gasteiger partial charge in [-0.15, -0.1) is 0 Å². The summed E-state index contributed by atoms with van der Waals surface area (Å²) in [5.41, 5.74) is 1.24. The molecule has 2 heterocycles. The third-order valence-electron chi connectivity index (χ3n) is 4.03. The van der Waals surface area contributed by atoms with E-state index in [-0.39, 0.29) is 30.5 Å². The summed E-state index contributed by atoms with van der Waals surface area (Å²) in [4.78, 5) is 46.4. The maximum atomic E-state index is 12.4. The highest BCUT2D eigenvalue weighted by Crippen LogP contribution is 2.06. The maximum Gasteiger partial charge on any atom is 0.261 e. The van der Waals surface area contributed by atoms with Crippen molar-refractivity contribution in [2.75, 3.05) is 18.9 Å². The Morgan fingerprint density at radius 1 is 1.19 bits per heavy atom. The molecule has 3 rings (SSSR count). The minimum Gasteiger partial charge on any atom is -0.335 e. The monoisotopic (exact) mass is 365 g/mol. The van der Waals surface area contributed by atoms with E-state index in [1.807, 2.05) is 13.0 Å². The number of pyridine rings is 1. The van der Waals surface area contributed by atoms with E-state index in [2.05, 4.69) is 15.3 Å². The average molecular weight is 365 g/mol. The summed E-state index contributed by atoms with van der Waals surface area (Å²) in [5, 5.41) is 3.09. The van der Waals surface area contributed by atoms with Crippen LogP contribution in [-0.4, -0.2) is 44.8 Å². The summed E-state index contributed by atoms with van der Waals surface area (Å²) >= 11 is 0. The predicted octanol–water partition coefficient (Wildman–Crippen LogP) is 1.20. The van der Waals surface area contributed by atoms with E-state index in [4.69, 9.17) is 0 Å². The Morgan fingerprint density at radius 3 is 2.74 bits per heavy atom. The third-order valence-corrected chi connectivity index (χ3v) is 4.03. The second-order valence-corrected chi connectivity index (χ2v) is 6.21. The summed E-state index contributed by atoms with van der Waals surface area (Å²) in [5.74, 6) is -0.315. The summed E-state index contributed by atoms with van der Waals surface area (Å²) in [6.07, 6.45) is 2.94. The number of carbonyl (C=O) groups excluding carboxylic acids is 2. The molecule has 2 aromatic heterocycles. The molecule has 138 valence electrons. The minimum atomic E-state index is -0.374. The lowest BCUT2D eigenvalue weighted by molar-refractivity contribution is -0.133. The van der Waals surface area contributed by atoms with Crippen LogP contribution in [0.2, 0.25) is 0 Å². The first-order valence-electron chi connectivity index (χ1n) is 8.34. The number of aromatic nitrogens is 3. The third kappa shape index (κ3) is 4.35. The Kier molecular flexibility index (Phi) is 5.25. The van der Waals surface area contributed by atoms with Crippen LogP contribution in [0.15, 0.2) is 53.7 Å². The van der Waals surface area contributed by atoms with Gasteiger partial charge in [0, 0.05) is 13.2 Å². The van der Waals surface area contributed by atoms with Crippen molar-refractivity contribution in [2.45, 2.75) is 13.5 Å². The van der Waals surface area contributed by atoms with Gasteiger partial charge in [-0.3, -0.25) is 19.0 Å². The van der Waals surface area contributed by atoms with Gasteiger partial charge in [-0.25, -0.2) is 9.97 Å². The molecule has 0 radical (unpaired) electrons.